The first kappa shape index (κ1) is 10.3. The number of nitrogens with one attached hydrogen (secondary N) is 1. The lowest BCUT2D eigenvalue weighted by molar-refractivity contribution is 0.339. The van der Waals surface area contributed by atoms with E-state index in [9.17, 15) is 0 Å². The Bertz CT molecular complexity index is 357. The lowest BCUT2D eigenvalue weighted by Crippen LogP contribution is -2.13. The molecule has 1 aromatic rings. The van der Waals surface area contributed by atoms with Crippen molar-refractivity contribution in [2.24, 2.45) is 5.92 Å². The molecule has 4 heteroatoms. The van der Waals surface area contributed by atoms with Gasteiger partial charge in [-0.25, -0.2) is 0 Å². The molecule has 0 radical (unpaired) electrons. The van der Waals surface area contributed by atoms with E-state index in [1.807, 2.05) is 0 Å². The van der Waals surface area contributed by atoms with E-state index in [4.69, 9.17) is 4.52 Å². The summed E-state index contributed by atoms with van der Waals surface area (Å²) in [5.74, 6) is 3.09. The summed E-state index contributed by atoms with van der Waals surface area (Å²) in [6.07, 6.45) is 6.08. The molecule has 1 aliphatic carbocycles. The monoisotopic (exact) mass is 221 g/mol. The van der Waals surface area contributed by atoms with Crippen LogP contribution in [0.15, 0.2) is 4.52 Å². The first-order chi connectivity index (χ1) is 7.83. The van der Waals surface area contributed by atoms with Gasteiger partial charge in [-0.1, -0.05) is 12.1 Å². The second-order valence-corrected chi connectivity index (χ2v) is 5.25. The zero-order valence-electron chi connectivity index (χ0n) is 9.78. The molecule has 1 aliphatic heterocycles. The Labute approximate surface area is 95.8 Å². The Morgan fingerprint density at radius 1 is 1.31 bits per heavy atom. The number of aromatic nitrogens is 2. The van der Waals surface area contributed by atoms with Crippen LogP contribution in [0.1, 0.15) is 62.7 Å². The molecule has 1 aromatic heterocycles. The summed E-state index contributed by atoms with van der Waals surface area (Å²) in [6.45, 7) is 3.38. The summed E-state index contributed by atoms with van der Waals surface area (Å²) >= 11 is 0. The van der Waals surface area contributed by atoms with Crippen LogP contribution in [-0.2, 0) is 0 Å². The molecule has 2 heterocycles. The van der Waals surface area contributed by atoms with Crippen molar-refractivity contribution >= 4 is 0 Å². The lowest BCUT2D eigenvalue weighted by Gasteiger charge is -2.03. The Kier molecular flexibility index (Phi) is 2.67. The molecule has 4 nitrogen and oxygen atoms in total. The topological polar surface area (TPSA) is 51.0 Å². The number of nitrogens with zero attached hydrogens (tertiary/aromatic N) is 2. The van der Waals surface area contributed by atoms with E-state index < -0.39 is 0 Å². The van der Waals surface area contributed by atoms with E-state index in [0.717, 1.165) is 30.6 Å². The number of hydrogen-bond acceptors (Lipinski definition) is 4. The van der Waals surface area contributed by atoms with Crippen molar-refractivity contribution in [3.8, 4) is 0 Å². The van der Waals surface area contributed by atoms with Gasteiger partial charge in [0, 0.05) is 5.92 Å². The number of hydrogen-bond donors (Lipinski definition) is 1. The summed E-state index contributed by atoms with van der Waals surface area (Å²) in [5, 5.41) is 7.54. The van der Waals surface area contributed by atoms with Crippen LogP contribution in [0.4, 0.5) is 0 Å². The maximum Gasteiger partial charge on any atom is 0.243 e. The zero-order valence-corrected chi connectivity index (χ0v) is 9.78. The summed E-state index contributed by atoms with van der Waals surface area (Å²) in [6, 6.07) is 0.306. The standard InChI is InChI=1S/C12H19N3O/c1-8-4-5-9(7-8)11-14-12(16-15-11)10-3-2-6-13-10/h8-10,13H,2-7H2,1H3/t8?,9?,10-/m0/s1. The Hall–Kier alpha value is -0.900. The number of rotatable bonds is 2. The van der Waals surface area contributed by atoms with Gasteiger partial charge in [0.2, 0.25) is 5.89 Å². The van der Waals surface area contributed by atoms with Gasteiger partial charge in [0.15, 0.2) is 5.82 Å². The predicted molar refractivity (Wildman–Crippen MR) is 60.0 cm³/mol. The van der Waals surface area contributed by atoms with Gasteiger partial charge in [-0.15, -0.1) is 0 Å². The van der Waals surface area contributed by atoms with Gasteiger partial charge in [-0.3, -0.25) is 0 Å². The van der Waals surface area contributed by atoms with Crippen LogP contribution < -0.4 is 5.32 Å². The van der Waals surface area contributed by atoms with Crippen molar-refractivity contribution in [3.63, 3.8) is 0 Å². The molecule has 0 amide bonds. The van der Waals surface area contributed by atoms with Gasteiger partial charge in [0.05, 0.1) is 6.04 Å². The van der Waals surface area contributed by atoms with Crippen LogP contribution in [0.3, 0.4) is 0 Å². The minimum atomic E-state index is 0.306. The van der Waals surface area contributed by atoms with Gasteiger partial charge in [0.1, 0.15) is 0 Å². The second-order valence-electron chi connectivity index (χ2n) is 5.25. The fourth-order valence-corrected chi connectivity index (χ4v) is 2.89. The van der Waals surface area contributed by atoms with Gasteiger partial charge in [-0.05, 0) is 44.6 Å². The summed E-state index contributed by atoms with van der Waals surface area (Å²) < 4.78 is 5.37. The van der Waals surface area contributed by atoms with Gasteiger partial charge < -0.3 is 9.84 Å². The highest BCUT2D eigenvalue weighted by Crippen LogP contribution is 2.37. The van der Waals surface area contributed by atoms with Crippen LogP contribution in [0.25, 0.3) is 0 Å². The fraction of sp³-hybridized carbons (Fsp3) is 0.833. The average molecular weight is 221 g/mol. The van der Waals surface area contributed by atoms with E-state index in [-0.39, 0.29) is 0 Å². The van der Waals surface area contributed by atoms with Crippen molar-refractivity contribution in [1.29, 1.82) is 0 Å². The summed E-state index contributed by atoms with van der Waals surface area (Å²) in [5.41, 5.74) is 0. The largest absolute Gasteiger partial charge is 0.338 e. The molecule has 3 atom stereocenters. The van der Waals surface area contributed by atoms with E-state index >= 15 is 0 Å². The zero-order chi connectivity index (χ0) is 11.0. The molecular formula is C12H19N3O. The summed E-state index contributed by atoms with van der Waals surface area (Å²) in [4.78, 5) is 4.57. The predicted octanol–water partition coefficient (Wildman–Crippen LogP) is 2.40. The van der Waals surface area contributed by atoms with Crippen molar-refractivity contribution < 1.29 is 4.52 Å². The minimum absolute atomic E-state index is 0.306. The highest BCUT2D eigenvalue weighted by atomic mass is 16.5. The van der Waals surface area contributed by atoms with E-state index in [1.165, 1.54) is 25.7 Å². The molecule has 0 spiro atoms. The second kappa shape index (κ2) is 4.17. The fourth-order valence-electron chi connectivity index (χ4n) is 2.89. The molecule has 1 saturated carbocycles. The molecule has 2 fully saturated rings. The maximum atomic E-state index is 5.37. The minimum Gasteiger partial charge on any atom is -0.338 e. The molecule has 0 bridgehead atoms. The molecule has 0 aromatic carbocycles. The molecule has 3 rings (SSSR count). The highest BCUT2D eigenvalue weighted by molar-refractivity contribution is 5.02. The normalized spacial score (nSPS) is 34.7. The third-order valence-electron chi connectivity index (χ3n) is 3.88. The van der Waals surface area contributed by atoms with Gasteiger partial charge in [0.25, 0.3) is 0 Å². The quantitative estimate of drug-likeness (QED) is 0.833. The molecule has 2 aliphatic rings. The summed E-state index contributed by atoms with van der Waals surface area (Å²) in [7, 11) is 0. The SMILES string of the molecule is CC1CCC(c2noc([C@@H]3CCCN3)n2)C1. The molecule has 1 saturated heterocycles. The Morgan fingerprint density at radius 3 is 2.94 bits per heavy atom. The van der Waals surface area contributed by atoms with E-state index in [1.54, 1.807) is 0 Å². The van der Waals surface area contributed by atoms with Crippen LogP contribution in [0.5, 0.6) is 0 Å². The van der Waals surface area contributed by atoms with Crippen LogP contribution >= 0.6 is 0 Å². The van der Waals surface area contributed by atoms with Gasteiger partial charge in [-0.2, -0.15) is 4.98 Å². The highest BCUT2D eigenvalue weighted by Gasteiger charge is 2.29. The Morgan fingerprint density at radius 2 is 2.25 bits per heavy atom. The molecule has 1 N–H and O–H groups in total. The van der Waals surface area contributed by atoms with Crippen LogP contribution in [0.2, 0.25) is 0 Å². The Balaban J connectivity index is 1.72. The molecule has 16 heavy (non-hydrogen) atoms. The van der Waals surface area contributed by atoms with Crippen LogP contribution in [0, 0.1) is 5.92 Å². The molecule has 2 unspecified atom stereocenters. The first-order valence-corrected chi connectivity index (χ1v) is 6.40. The van der Waals surface area contributed by atoms with Crippen molar-refractivity contribution in [3.05, 3.63) is 11.7 Å². The third-order valence-corrected chi connectivity index (χ3v) is 3.88. The van der Waals surface area contributed by atoms with Crippen LogP contribution in [-0.4, -0.2) is 16.7 Å². The third kappa shape index (κ3) is 1.86. The van der Waals surface area contributed by atoms with Crippen molar-refractivity contribution in [2.45, 2.75) is 51.0 Å². The first-order valence-electron chi connectivity index (χ1n) is 6.40. The average Bonchev–Trinajstić information content (AvgIpc) is 2.97. The van der Waals surface area contributed by atoms with Gasteiger partial charge >= 0.3 is 0 Å². The smallest absolute Gasteiger partial charge is 0.243 e. The maximum absolute atomic E-state index is 5.37. The van der Waals surface area contributed by atoms with E-state index in [2.05, 4.69) is 22.4 Å². The van der Waals surface area contributed by atoms with Crippen molar-refractivity contribution in [2.75, 3.05) is 6.54 Å². The molecule has 88 valence electrons. The van der Waals surface area contributed by atoms with Crippen molar-refractivity contribution in [1.82, 2.24) is 15.5 Å². The molecular weight excluding hydrogens is 202 g/mol. The van der Waals surface area contributed by atoms with E-state index in [0.29, 0.717) is 12.0 Å². The lowest BCUT2D eigenvalue weighted by atomic mass is 10.1.